The number of rotatable bonds is 2. The predicted molar refractivity (Wildman–Crippen MR) is 64.7 cm³/mol. The van der Waals surface area contributed by atoms with Crippen molar-refractivity contribution in [2.75, 3.05) is 0 Å². The Hall–Kier alpha value is -1.92. The van der Waals surface area contributed by atoms with Crippen molar-refractivity contribution in [3.05, 3.63) is 29.3 Å². The topological polar surface area (TPSA) is 85.2 Å². The van der Waals surface area contributed by atoms with Crippen LogP contribution in [-0.2, 0) is 6.54 Å². The van der Waals surface area contributed by atoms with Crippen molar-refractivity contribution in [1.29, 1.82) is 0 Å². The van der Waals surface area contributed by atoms with Crippen LogP contribution in [0.5, 0.6) is 5.75 Å². The zero-order chi connectivity index (χ0) is 11.8. The van der Waals surface area contributed by atoms with Crippen LogP contribution in [0.1, 0.15) is 5.69 Å². The monoisotopic (exact) mass is 247 g/mol. The van der Waals surface area contributed by atoms with Gasteiger partial charge >= 0.3 is 0 Å². The van der Waals surface area contributed by atoms with E-state index in [1.807, 2.05) is 17.5 Å². The molecule has 0 unspecified atom stereocenters. The van der Waals surface area contributed by atoms with Gasteiger partial charge in [-0.2, -0.15) is 0 Å². The summed E-state index contributed by atoms with van der Waals surface area (Å²) in [6.07, 6.45) is 0. The van der Waals surface area contributed by atoms with Gasteiger partial charge < -0.3 is 10.8 Å². The van der Waals surface area contributed by atoms with Crippen LogP contribution in [0, 0.1) is 0 Å². The Morgan fingerprint density at radius 1 is 1.29 bits per heavy atom. The van der Waals surface area contributed by atoms with E-state index in [0.717, 1.165) is 10.1 Å². The van der Waals surface area contributed by atoms with E-state index in [2.05, 4.69) is 14.9 Å². The Morgan fingerprint density at radius 2 is 2.18 bits per heavy atom. The van der Waals surface area contributed by atoms with Crippen molar-refractivity contribution in [2.45, 2.75) is 6.54 Å². The molecule has 0 saturated carbocycles. The molecule has 1 aromatic carbocycles. The molecule has 6 heteroatoms. The van der Waals surface area contributed by atoms with E-state index in [0.29, 0.717) is 17.0 Å². The lowest BCUT2D eigenvalue weighted by Gasteiger charge is -2.02. The average Bonchev–Trinajstić information content (AvgIpc) is 2.97. The number of nitrogens with zero attached hydrogens (tertiary/aromatic N) is 2. The third-order valence-corrected chi connectivity index (χ3v) is 3.49. The number of fused-ring (bicyclic) bond motifs is 1. The predicted octanol–water partition coefficient (Wildman–Crippen LogP) is 2.12. The van der Waals surface area contributed by atoms with Gasteiger partial charge in [-0.25, -0.2) is 4.63 Å². The quantitative estimate of drug-likeness (QED) is 0.724. The van der Waals surface area contributed by atoms with Crippen LogP contribution in [0.25, 0.3) is 21.3 Å². The van der Waals surface area contributed by atoms with Crippen LogP contribution in [0.15, 0.2) is 28.2 Å². The normalized spacial score (nSPS) is 11.1. The SMILES string of the molecule is NCc1nonc1-c1ccc2sccc2c1O. The van der Waals surface area contributed by atoms with Gasteiger partial charge in [0.25, 0.3) is 0 Å². The highest BCUT2D eigenvalue weighted by molar-refractivity contribution is 7.17. The van der Waals surface area contributed by atoms with Crippen LogP contribution >= 0.6 is 11.3 Å². The molecule has 3 N–H and O–H groups in total. The van der Waals surface area contributed by atoms with Crippen LogP contribution < -0.4 is 5.73 Å². The van der Waals surface area contributed by atoms with Crippen LogP contribution in [0.2, 0.25) is 0 Å². The van der Waals surface area contributed by atoms with Gasteiger partial charge in [0.1, 0.15) is 17.1 Å². The van der Waals surface area contributed by atoms with Gasteiger partial charge in [-0.05, 0) is 28.7 Å². The number of aromatic nitrogens is 2. The molecule has 17 heavy (non-hydrogen) atoms. The number of phenols is 1. The van der Waals surface area contributed by atoms with Crippen molar-refractivity contribution >= 4 is 21.4 Å². The molecule has 0 saturated heterocycles. The molecule has 0 radical (unpaired) electrons. The molecule has 5 nitrogen and oxygen atoms in total. The summed E-state index contributed by atoms with van der Waals surface area (Å²) in [5, 5.41) is 20.4. The summed E-state index contributed by atoms with van der Waals surface area (Å²) < 4.78 is 5.68. The van der Waals surface area contributed by atoms with Gasteiger partial charge in [0.15, 0.2) is 0 Å². The molecule has 0 amide bonds. The molecule has 0 aliphatic carbocycles. The van der Waals surface area contributed by atoms with Crippen molar-refractivity contribution in [2.24, 2.45) is 5.73 Å². The Balaban J connectivity index is 2.27. The lowest BCUT2D eigenvalue weighted by atomic mass is 10.1. The number of thiophene rings is 1. The smallest absolute Gasteiger partial charge is 0.143 e. The van der Waals surface area contributed by atoms with E-state index in [9.17, 15) is 5.11 Å². The first-order valence-corrected chi connectivity index (χ1v) is 5.90. The maximum Gasteiger partial charge on any atom is 0.143 e. The second kappa shape index (κ2) is 3.83. The largest absolute Gasteiger partial charge is 0.507 e. The average molecular weight is 247 g/mol. The molecule has 0 fully saturated rings. The van der Waals surface area contributed by atoms with Crippen molar-refractivity contribution in [1.82, 2.24) is 10.3 Å². The van der Waals surface area contributed by atoms with E-state index in [1.165, 1.54) is 0 Å². The highest BCUT2D eigenvalue weighted by atomic mass is 32.1. The standard InChI is InChI=1S/C11H9N3O2S/c12-5-8-10(14-16-13-8)7-1-2-9-6(11(7)15)3-4-17-9/h1-4,15H,5,12H2. The van der Waals surface area contributed by atoms with Gasteiger partial charge in [-0.3, -0.25) is 0 Å². The highest BCUT2D eigenvalue weighted by Crippen LogP contribution is 2.37. The molecule has 2 aromatic heterocycles. The Bertz CT molecular complexity index is 674. The van der Waals surface area contributed by atoms with Crippen LogP contribution in [0.3, 0.4) is 0 Å². The van der Waals surface area contributed by atoms with Crippen LogP contribution in [-0.4, -0.2) is 15.4 Å². The van der Waals surface area contributed by atoms with E-state index < -0.39 is 0 Å². The van der Waals surface area contributed by atoms with E-state index in [4.69, 9.17) is 5.73 Å². The summed E-state index contributed by atoms with van der Waals surface area (Å²) in [6.45, 7) is 0.222. The minimum Gasteiger partial charge on any atom is -0.507 e. The first-order valence-electron chi connectivity index (χ1n) is 5.02. The van der Waals surface area contributed by atoms with Crippen LogP contribution in [0.4, 0.5) is 0 Å². The van der Waals surface area contributed by atoms with Gasteiger partial charge in [-0.1, -0.05) is 5.16 Å². The van der Waals surface area contributed by atoms with Crippen molar-refractivity contribution in [3.8, 4) is 17.0 Å². The summed E-state index contributed by atoms with van der Waals surface area (Å²) in [6, 6.07) is 5.60. The Labute approximate surface area is 100 Å². The first-order chi connectivity index (χ1) is 8.31. The van der Waals surface area contributed by atoms with Gasteiger partial charge in [-0.15, -0.1) is 11.3 Å². The molecule has 2 heterocycles. The van der Waals surface area contributed by atoms with Gasteiger partial charge in [0, 0.05) is 22.2 Å². The highest BCUT2D eigenvalue weighted by Gasteiger charge is 2.16. The second-order valence-corrected chi connectivity index (χ2v) is 4.51. The maximum atomic E-state index is 10.2. The minimum absolute atomic E-state index is 0.189. The molecular formula is C11H9N3O2S. The van der Waals surface area contributed by atoms with E-state index in [-0.39, 0.29) is 12.3 Å². The molecule has 0 aliphatic heterocycles. The number of nitrogens with two attached hydrogens (primary N) is 1. The van der Waals surface area contributed by atoms with Crippen molar-refractivity contribution in [3.63, 3.8) is 0 Å². The number of aromatic hydroxyl groups is 1. The minimum atomic E-state index is 0.189. The zero-order valence-corrected chi connectivity index (χ0v) is 9.57. The lowest BCUT2D eigenvalue weighted by molar-refractivity contribution is 0.304. The third-order valence-electron chi connectivity index (χ3n) is 2.61. The Morgan fingerprint density at radius 3 is 3.00 bits per heavy atom. The van der Waals surface area contributed by atoms with Gasteiger partial charge in [0.2, 0.25) is 0 Å². The first kappa shape index (κ1) is 10.2. The number of hydrogen-bond donors (Lipinski definition) is 2. The molecule has 3 aromatic rings. The number of hydrogen-bond acceptors (Lipinski definition) is 6. The summed E-state index contributed by atoms with van der Waals surface area (Å²) in [4.78, 5) is 0. The fraction of sp³-hybridized carbons (Fsp3) is 0.0909. The van der Waals surface area contributed by atoms with Crippen molar-refractivity contribution < 1.29 is 9.74 Å². The molecule has 0 atom stereocenters. The number of phenolic OH excluding ortho intramolecular Hbond substituents is 1. The maximum absolute atomic E-state index is 10.2. The fourth-order valence-corrected chi connectivity index (χ4v) is 2.55. The van der Waals surface area contributed by atoms with E-state index >= 15 is 0 Å². The summed E-state index contributed by atoms with van der Waals surface area (Å²) in [5.41, 5.74) is 7.16. The molecule has 86 valence electrons. The molecule has 3 rings (SSSR count). The molecular weight excluding hydrogens is 238 g/mol. The third kappa shape index (κ3) is 1.49. The molecule has 0 aliphatic rings. The lowest BCUT2D eigenvalue weighted by Crippen LogP contribution is -1.98. The zero-order valence-electron chi connectivity index (χ0n) is 8.75. The Kier molecular flexibility index (Phi) is 2.31. The van der Waals surface area contributed by atoms with E-state index in [1.54, 1.807) is 17.4 Å². The number of benzene rings is 1. The summed E-state index contributed by atoms with van der Waals surface area (Å²) in [7, 11) is 0. The van der Waals surface area contributed by atoms with Gasteiger partial charge in [0.05, 0.1) is 0 Å². The summed E-state index contributed by atoms with van der Waals surface area (Å²) in [5.74, 6) is 0.189. The molecule has 0 spiro atoms. The fourth-order valence-electron chi connectivity index (χ4n) is 1.76. The molecule has 0 bridgehead atoms. The summed E-state index contributed by atoms with van der Waals surface area (Å²) >= 11 is 1.57. The second-order valence-electron chi connectivity index (χ2n) is 3.56.